The van der Waals surface area contributed by atoms with E-state index in [0.29, 0.717) is 12.3 Å². The first-order valence-electron chi connectivity index (χ1n) is 6.62. The molecule has 4 nitrogen and oxygen atoms in total. The molecule has 0 saturated heterocycles. The Morgan fingerprint density at radius 2 is 2.00 bits per heavy atom. The Labute approximate surface area is 128 Å². The second-order valence-corrected chi connectivity index (χ2v) is 5.58. The highest BCUT2D eigenvalue weighted by atomic mass is 32.2. The summed E-state index contributed by atoms with van der Waals surface area (Å²) in [4.78, 5) is 16.1. The third kappa shape index (κ3) is 5.11. The number of amides is 1. The zero-order valence-electron chi connectivity index (χ0n) is 12.1. The lowest BCUT2D eigenvalue weighted by molar-refractivity contribution is -0.118. The van der Waals surface area contributed by atoms with E-state index in [1.165, 1.54) is 11.8 Å². The average molecular weight is 302 g/mol. The van der Waals surface area contributed by atoms with Gasteiger partial charge in [-0.3, -0.25) is 4.79 Å². The predicted molar refractivity (Wildman–Crippen MR) is 84.5 cm³/mol. The standard InChI is InChI=1S/C16H18N2O2S/c1-12-3-8-16(18-9-12)21-11-15(19)17-10-13-4-6-14(20-2)7-5-13/h3-9H,10-11H2,1-2H3,(H,17,19). The maximum atomic E-state index is 11.8. The molecule has 1 heterocycles. The molecule has 21 heavy (non-hydrogen) atoms. The number of thioether (sulfide) groups is 1. The summed E-state index contributed by atoms with van der Waals surface area (Å²) < 4.78 is 5.09. The van der Waals surface area contributed by atoms with Crippen LogP contribution in [0.25, 0.3) is 0 Å². The van der Waals surface area contributed by atoms with Gasteiger partial charge in [0.25, 0.3) is 0 Å². The summed E-state index contributed by atoms with van der Waals surface area (Å²) >= 11 is 1.44. The van der Waals surface area contributed by atoms with Crippen molar-refractivity contribution < 1.29 is 9.53 Å². The average Bonchev–Trinajstić information content (AvgIpc) is 2.53. The summed E-state index contributed by atoms with van der Waals surface area (Å²) in [5, 5.41) is 3.75. The number of benzene rings is 1. The molecule has 2 rings (SSSR count). The van der Waals surface area contributed by atoms with Crippen LogP contribution in [0.1, 0.15) is 11.1 Å². The van der Waals surface area contributed by atoms with E-state index in [-0.39, 0.29) is 5.91 Å². The molecule has 0 atom stereocenters. The van der Waals surface area contributed by atoms with Gasteiger partial charge in [0, 0.05) is 12.7 Å². The Hall–Kier alpha value is -2.01. The largest absolute Gasteiger partial charge is 0.497 e. The normalized spacial score (nSPS) is 10.2. The molecule has 0 saturated carbocycles. The number of aryl methyl sites for hydroxylation is 1. The van der Waals surface area contributed by atoms with Gasteiger partial charge in [0.15, 0.2) is 0 Å². The van der Waals surface area contributed by atoms with Gasteiger partial charge in [-0.25, -0.2) is 4.98 Å². The minimum Gasteiger partial charge on any atom is -0.497 e. The number of hydrogen-bond donors (Lipinski definition) is 1. The number of carbonyl (C=O) groups excluding carboxylic acids is 1. The fourth-order valence-electron chi connectivity index (χ4n) is 1.67. The third-order valence-electron chi connectivity index (χ3n) is 2.88. The SMILES string of the molecule is COc1ccc(CNC(=O)CSc2ccc(C)cn2)cc1. The molecule has 5 heteroatoms. The molecule has 1 amide bonds. The van der Waals surface area contributed by atoms with Gasteiger partial charge in [-0.1, -0.05) is 30.0 Å². The summed E-state index contributed by atoms with van der Waals surface area (Å²) in [6.45, 7) is 2.51. The Morgan fingerprint density at radius 1 is 1.24 bits per heavy atom. The second kappa shape index (κ2) is 7.69. The number of hydrogen-bond acceptors (Lipinski definition) is 4. The molecule has 1 aromatic heterocycles. The number of pyridine rings is 1. The minimum atomic E-state index is -0.00167. The van der Waals surface area contributed by atoms with E-state index < -0.39 is 0 Å². The topological polar surface area (TPSA) is 51.2 Å². The quantitative estimate of drug-likeness (QED) is 0.834. The van der Waals surface area contributed by atoms with Crippen molar-refractivity contribution in [2.45, 2.75) is 18.5 Å². The van der Waals surface area contributed by atoms with Gasteiger partial charge in [0.05, 0.1) is 17.9 Å². The number of rotatable bonds is 6. The third-order valence-corrected chi connectivity index (χ3v) is 3.83. The van der Waals surface area contributed by atoms with Crippen molar-refractivity contribution in [2.24, 2.45) is 0 Å². The van der Waals surface area contributed by atoms with Crippen LogP contribution in [0.15, 0.2) is 47.6 Å². The van der Waals surface area contributed by atoms with Crippen LogP contribution in [0.5, 0.6) is 5.75 Å². The van der Waals surface area contributed by atoms with E-state index >= 15 is 0 Å². The number of aromatic nitrogens is 1. The summed E-state index contributed by atoms with van der Waals surface area (Å²) in [6, 6.07) is 11.6. The molecular formula is C16H18N2O2S. The summed E-state index contributed by atoms with van der Waals surface area (Å²) in [7, 11) is 1.63. The van der Waals surface area contributed by atoms with E-state index in [1.807, 2.05) is 43.3 Å². The molecule has 0 unspecified atom stereocenters. The maximum absolute atomic E-state index is 11.8. The van der Waals surface area contributed by atoms with Crippen LogP contribution < -0.4 is 10.1 Å². The minimum absolute atomic E-state index is 0.00167. The first kappa shape index (κ1) is 15.4. The van der Waals surface area contributed by atoms with Crippen molar-refractivity contribution in [3.05, 3.63) is 53.7 Å². The van der Waals surface area contributed by atoms with Gasteiger partial charge in [-0.15, -0.1) is 0 Å². The Kier molecular flexibility index (Phi) is 5.63. The summed E-state index contributed by atoms with van der Waals surface area (Å²) in [5.74, 6) is 1.18. The van der Waals surface area contributed by atoms with E-state index in [0.717, 1.165) is 21.9 Å². The van der Waals surface area contributed by atoms with Crippen molar-refractivity contribution in [2.75, 3.05) is 12.9 Å². The number of nitrogens with zero attached hydrogens (tertiary/aromatic N) is 1. The van der Waals surface area contributed by atoms with Gasteiger partial charge in [-0.05, 0) is 36.2 Å². The predicted octanol–water partition coefficient (Wildman–Crippen LogP) is 2.81. The second-order valence-electron chi connectivity index (χ2n) is 4.59. The Bertz CT molecular complexity index is 582. The number of ether oxygens (including phenoxy) is 1. The molecule has 0 aliphatic heterocycles. The Balaban J connectivity index is 1.75. The van der Waals surface area contributed by atoms with Gasteiger partial charge >= 0.3 is 0 Å². The molecule has 1 aromatic carbocycles. The molecule has 0 aliphatic rings. The van der Waals surface area contributed by atoms with E-state index in [4.69, 9.17) is 4.74 Å². The molecular weight excluding hydrogens is 284 g/mol. The van der Waals surface area contributed by atoms with Crippen molar-refractivity contribution in [3.8, 4) is 5.75 Å². The number of carbonyl (C=O) groups is 1. The molecule has 1 N–H and O–H groups in total. The van der Waals surface area contributed by atoms with Crippen LogP contribution in [-0.2, 0) is 11.3 Å². The lowest BCUT2D eigenvalue weighted by atomic mass is 10.2. The van der Waals surface area contributed by atoms with E-state index in [2.05, 4.69) is 10.3 Å². The smallest absolute Gasteiger partial charge is 0.230 e. The van der Waals surface area contributed by atoms with Crippen LogP contribution in [0.4, 0.5) is 0 Å². The van der Waals surface area contributed by atoms with Crippen LogP contribution in [0.3, 0.4) is 0 Å². The van der Waals surface area contributed by atoms with Gasteiger partial charge in [0.1, 0.15) is 5.75 Å². The lowest BCUT2D eigenvalue weighted by Gasteiger charge is -2.06. The molecule has 2 aromatic rings. The highest BCUT2D eigenvalue weighted by molar-refractivity contribution is 7.99. The zero-order valence-corrected chi connectivity index (χ0v) is 12.9. The number of nitrogens with one attached hydrogen (secondary N) is 1. The van der Waals surface area contributed by atoms with E-state index in [1.54, 1.807) is 13.3 Å². The lowest BCUT2D eigenvalue weighted by Crippen LogP contribution is -2.24. The van der Waals surface area contributed by atoms with Crippen LogP contribution in [0, 0.1) is 6.92 Å². The maximum Gasteiger partial charge on any atom is 0.230 e. The van der Waals surface area contributed by atoms with E-state index in [9.17, 15) is 4.79 Å². The van der Waals surface area contributed by atoms with Gasteiger partial charge in [-0.2, -0.15) is 0 Å². The number of methoxy groups -OCH3 is 1. The van der Waals surface area contributed by atoms with Crippen LogP contribution >= 0.6 is 11.8 Å². The Morgan fingerprint density at radius 3 is 2.62 bits per heavy atom. The molecule has 0 aliphatic carbocycles. The zero-order chi connectivity index (χ0) is 15.1. The summed E-state index contributed by atoms with van der Waals surface area (Å²) in [5.41, 5.74) is 2.16. The monoisotopic (exact) mass is 302 g/mol. The summed E-state index contributed by atoms with van der Waals surface area (Å²) in [6.07, 6.45) is 1.80. The molecule has 0 radical (unpaired) electrons. The fraction of sp³-hybridized carbons (Fsp3) is 0.250. The van der Waals surface area contributed by atoms with Crippen molar-refractivity contribution in [3.63, 3.8) is 0 Å². The van der Waals surface area contributed by atoms with Crippen molar-refractivity contribution >= 4 is 17.7 Å². The molecule has 0 spiro atoms. The van der Waals surface area contributed by atoms with Gasteiger partial charge in [0.2, 0.25) is 5.91 Å². The fourth-order valence-corrected chi connectivity index (χ4v) is 2.35. The highest BCUT2D eigenvalue weighted by Gasteiger charge is 2.04. The first-order chi connectivity index (χ1) is 10.2. The highest BCUT2D eigenvalue weighted by Crippen LogP contribution is 2.15. The van der Waals surface area contributed by atoms with Crippen molar-refractivity contribution in [1.82, 2.24) is 10.3 Å². The van der Waals surface area contributed by atoms with Crippen molar-refractivity contribution in [1.29, 1.82) is 0 Å². The molecule has 0 fully saturated rings. The molecule has 110 valence electrons. The molecule has 0 bridgehead atoms. The van der Waals surface area contributed by atoms with Crippen LogP contribution in [-0.4, -0.2) is 23.8 Å². The first-order valence-corrected chi connectivity index (χ1v) is 7.61. The van der Waals surface area contributed by atoms with Gasteiger partial charge < -0.3 is 10.1 Å². The van der Waals surface area contributed by atoms with Crippen LogP contribution in [0.2, 0.25) is 0 Å².